The normalized spacial score (nSPS) is 22.1. The van der Waals surface area contributed by atoms with Crippen molar-refractivity contribution >= 4 is 17.7 Å². The van der Waals surface area contributed by atoms with Gasteiger partial charge in [-0.05, 0) is 83.4 Å². The zero-order valence-electron chi connectivity index (χ0n) is 27.1. The Morgan fingerprint density at radius 1 is 0.875 bits per heavy atom. The Labute approximate surface area is 279 Å². The van der Waals surface area contributed by atoms with Gasteiger partial charge in [0.05, 0.1) is 29.3 Å². The number of halogens is 7. The number of nitrogens with one attached hydrogen (secondary N) is 1. The number of methoxy groups -OCH3 is 1. The number of amides is 1. The molecular weight excluding hydrogens is 661 g/mol. The van der Waals surface area contributed by atoms with E-state index in [1.54, 1.807) is 6.26 Å². The predicted octanol–water partition coefficient (Wildman–Crippen LogP) is 6.91. The smallest absolute Gasteiger partial charge is 0.416 e. The molecule has 0 saturated carbocycles. The molecule has 1 amide bonds. The Bertz CT molecular complexity index is 1600. The number of thioether (sulfide) groups is 1. The maximum absolute atomic E-state index is 14.8. The van der Waals surface area contributed by atoms with Crippen LogP contribution < -0.4 is 15.8 Å². The van der Waals surface area contributed by atoms with Gasteiger partial charge in [0.15, 0.2) is 0 Å². The second kappa shape index (κ2) is 15.1. The molecule has 2 atom stereocenters. The van der Waals surface area contributed by atoms with Gasteiger partial charge in [-0.25, -0.2) is 17.6 Å². The van der Waals surface area contributed by atoms with Crippen molar-refractivity contribution in [3.8, 4) is 5.75 Å². The average Bonchev–Trinajstić information content (AvgIpc) is 2.99. The molecule has 48 heavy (non-hydrogen) atoms. The number of likely N-dealkylation sites (tertiary alicyclic amines) is 2. The first kappa shape index (κ1) is 37.5. The van der Waals surface area contributed by atoms with Crippen LogP contribution in [0.15, 0.2) is 53.4 Å². The number of carbonyl (C=O) groups is 1. The number of hydrogen-bond donors (Lipinski definition) is 2. The van der Waals surface area contributed by atoms with Crippen LogP contribution in [-0.4, -0.2) is 69.3 Å². The van der Waals surface area contributed by atoms with E-state index in [0.717, 1.165) is 68.0 Å². The number of likely N-dealkylation sites (N-methyl/N-ethyl adjacent to an activating group) is 2. The minimum absolute atomic E-state index is 0.0666. The molecule has 2 saturated heterocycles. The molecule has 14 heteroatoms. The monoisotopic (exact) mass is 700 g/mol. The van der Waals surface area contributed by atoms with Crippen LogP contribution >= 0.6 is 11.8 Å². The Morgan fingerprint density at radius 2 is 1.44 bits per heavy atom. The third kappa shape index (κ3) is 8.44. The lowest BCUT2D eigenvalue weighted by Crippen LogP contribution is -2.56. The van der Waals surface area contributed by atoms with E-state index in [-0.39, 0.29) is 28.3 Å². The standard InChI is InChI=1S/C22H23F5N2O2S.C12H16F2N2/c1-29-8-4-7-21(12-29,15-6-5-14(23)11-16(15)24)28-20(30)19-17(31-2)9-13(22(25,26)27)10-18(19)32-3;1-16-6-2-5-12(15,8-16)10-4-3-9(13)7-11(10)14/h5-6,9-11H,4,7-8,12H2,1-3H3,(H,28,30);3-4,7H,2,5-6,8,15H2,1H3. The summed E-state index contributed by atoms with van der Waals surface area (Å²) in [7, 11) is 4.95. The highest BCUT2D eigenvalue weighted by molar-refractivity contribution is 7.98. The van der Waals surface area contributed by atoms with Gasteiger partial charge >= 0.3 is 6.18 Å². The van der Waals surface area contributed by atoms with Crippen LogP contribution in [0.3, 0.4) is 0 Å². The first-order valence-electron chi connectivity index (χ1n) is 15.2. The third-order valence-electron chi connectivity index (χ3n) is 8.73. The van der Waals surface area contributed by atoms with Gasteiger partial charge in [0.1, 0.15) is 29.0 Å². The number of rotatable bonds is 6. The van der Waals surface area contributed by atoms with E-state index in [4.69, 9.17) is 10.5 Å². The number of nitrogens with two attached hydrogens (primary N) is 1. The Balaban J connectivity index is 0.000000271. The number of nitrogens with zero attached hydrogens (tertiary/aromatic N) is 2. The quantitative estimate of drug-likeness (QED) is 0.215. The number of piperidine rings is 2. The molecule has 2 aliphatic heterocycles. The summed E-state index contributed by atoms with van der Waals surface area (Å²) >= 11 is 0.971. The van der Waals surface area contributed by atoms with Crippen molar-refractivity contribution in [1.82, 2.24) is 15.1 Å². The van der Waals surface area contributed by atoms with E-state index in [1.807, 2.05) is 19.0 Å². The van der Waals surface area contributed by atoms with E-state index in [0.29, 0.717) is 24.9 Å². The van der Waals surface area contributed by atoms with Crippen molar-refractivity contribution in [2.24, 2.45) is 5.73 Å². The average molecular weight is 701 g/mol. The number of hydrogen-bond acceptors (Lipinski definition) is 6. The minimum Gasteiger partial charge on any atom is -0.496 e. The Kier molecular flexibility index (Phi) is 11.8. The van der Waals surface area contributed by atoms with Crippen LogP contribution in [0.5, 0.6) is 5.75 Å². The van der Waals surface area contributed by atoms with Gasteiger partial charge in [-0.2, -0.15) is 13.2 Å². The fourth-order valence-corrected chi connectivity index (χ4v) is 7.18. The zero-order chi connectivity index (χ0) is 35.4. The van der Waals surface area contributed by atoms with Crippen LogP contribution in [0, 0.1) is 23.3 Å². The van der Waals surface area contributed by atoms with Gasteiger partial charge in [0.25, 0.3) is 5.91 Å². The maximum atomic E-state index is 14.8. The molecule has 6 nitrogen and oxygen atoms in total. The molecule has 3 aromatic rings. The summed E-state index contributed by atoms with van der Waals surface area (Å²) in [5, 5.41) is 2.85. The fraction of sp³-hybridized carbons (Fsp3) is 0.441. The van der Waals surface area contributed by atoms with E-state index in [1.165, 1.54) is 25.3 Å². The van der Waals surface area contributed by atoms with Crippen LogP contribution in [0.1, 0.15) is 52.7 Å². The molecule has 3 aromatic carbocycles. The first-order chi connectivity index (χ1) is 22.5. The molecule has 2 unspecified atom stereocenters. The van der Waals surface area contributed by atoms with Gasteiger partial charge in [-0.1, -0.05) is 12.1 Å². The molecule has 2 heterocycles. The molecule has 0 spiro atoms. The van der Waals surface area contributed by atoms with E-state index < -0.39 is 52.0 Å². The van der Waals surface area contributed by atoms with Crippen molar-refractivity contribution in [1.29, 1.82) is 0 Å². The molecule has 262 valence electrons. The molecule has 0 aliphatic carbocycles. The number of alkyl halides is 3. The molecular formula is C34H39F7N4O2S. The van der Waals surface area contributed by atoms with E-state index in [2.05, 4.69) is 10.2 Å². The highest BCUT2D eigenvalue weighted by atomic mass is 32.2. The van der Waals surface area contributed by atoms with Crippen molar-refractivity contribution in [3.63, 3.8) is 0 Å². The highest BCUT2D eigenvalue weighted by Gasteiger charge is 2.41. The van der Waals surface area contributed by atoms with Crippen LogP contribution in [0.25, 0.3) is 0 Å². The molecule has 5 rings (SSSR count). The van der Waals surface area contributed by atoms with Crippen molar-refractivity contribution in [2.45, 2.75) is 47.8 Å². The fourth-order valence-electron chi connectivity index (χ4n) is 6.53. The predicted molar refractivity (Wildman–Crippen MR) is 171 cm³/mol. The van der Waals surface area contributed by atoms with Gasteiger partial charge in [-0.3, -0.25) is 4.79 Å². The Hall–Kier alpha value is -3.33. The second-order valence-electron chi connectivity index (χ2n) is 12.4. The van der Waals surface area contributed by atoms with Gasteiger partial charge in [0, 0.05) is 41.2 Å². The molecule has 2 aliphatic rings. The first-order valence-corrected chi connectivity index (χ1v) is 16.5. The zero-order valence-corrected chi connectivity index (χ0v) is 27.9. The summed E-state index contributed by atoms with van der Waals surface area (Å²) in [6, 6.07) is 8.46. The number of benzene rings is 3. The van der Waals surface area contributed by atoms with Gasteiger partial charge < -0.3 is 25.6 Å². The summed E-state index contributed by atoms with van der Waals surface area (Å²) in [6.07, 6.45) is -0.382. The lowest BCUT2D eigenvalue weighted by Gasteiger charge is -2.42. The highest BCUT2D eigenvalue weighted by Crippen LogP contribution is 2.40. The molecule has 2 fully saturated rings. The number of ether oxygens (including phenoxy) is 1. The van der Waals surface area contributed by atoms with Crippen molar-refractivity contribution in [2.75, 3.05) is 53.6 Å². The minimum atomic E-state index is -4.61. The second-order valence-corrected chi connectivity index (χ2v) is 13.2. The van der Waals surface area contributed by atoms with Crippen LogP contribution in [-0.2, 0) is 17.3 Å². The number of carbonyl (C=O) groups excluding carboxylic acids is 1. The Morgan fingerprint density at radius 3 is 1.94 bits per heavy atom. The topological polar surface area (TPSA) is 70.8 Å². The lowest BCUT2D eigenvalue weighted by atomic mass is 9.81. The van der Waals surface area contributed by atoms with Gasteiger partial charge in [-0.15, -0.1) is 11.8 Å². The van der Waals surface area contributed by atoms with E-state index >= 15 is 0 Å². The largest absolute Gasteiger partial charge is 0.496 e. The molecule has 0 radical (unpaired) electrons. The van der Waals surface area contributed by atoms with E-state index in [9.17, 15) is 35.5 Å². The SMILES string of the molecule is CN1CCCC(N)(c2ccc(F)cc2F)C1.COc1cc(C(F)(F)F)cc(SC)c1C(=O)NC1(c2ccc(F)cc2F)CCCN(C)C1. The molecule has 3 N–H and O–H groups in total. The third-order valence-corrected chi connectivity index (χ3v) is 9.49. The van der Waals surface area contributed by atoms with Crippen LogP contribution in [0.2, 0.25) is 0 Å². The van der Waals surface area contributed by atoms with Crippen molar-refractivity contribution < 1.29 is 40.3 Å². The van der Waals surface area contributed by atoms with Crippen molar-refractivity contribution in [3.05, 3.63) is 94.1 Å². The summed E-state index contributed by atoms with van der Waals surface area (Å²) < 4.78 is 99.8. The van der Waals surface area contributed by atoms with Crippen LogP contribution in [0.4, 0.5) is 30.7 Å². The summed E-state index contributed by atoms with van der Waals surface area (Å²) in [5.74, 6) is -3.58. The lowest BCUT2D eigenvalue weighted by molar-refractivity contribution is -0.137. The summed E-state index contributed by atoms with van der Waals surface area (Å²) in [4.78, 5) is 17.5. The van der Waals surface area contributed by atoms with Gasteiger partial charge in [0.2, 0.25) is 0 Å². The molecule has 0 bridgehead atoms. The molecule has 0 aromatic heterocycles. The maximum Gasteiger partial charge on any atom is 0.416 e. The summed E-state index contributed by atoms with van der Waals surface area (Å²) in [6.45, 7) is 2.55. The summed E-state index contributed by atoms with van der Waals surface area (Å²) in [5.41, 5.74) is 3.87.